The van der Waals surface area contributed by atoms with E-state index in [2.05, 4.69) is 15.0 Å². The highest BCUT2D eigenvalue weighted by molar-refractivity contribution is 6.01. The number of benzene rings is 2. The second-order valence-electron chi connectivity index (χ2n) is 6.18. The number of nitrogens with one attached hydrogen (secondary N) is 2. The van der Waals surface area contributed by atoms with Gasteiger partial charge in [-0.05, 0) is 48.5 Å². The van der Waals surface area contributed by atoms with Crippen LogP contribution in [0, 0.1) is 0 Å². The predicted molar refractivity (Wildman–Crippen MR) is 105 cm³/mol. The number of Topliss-reactive ketones (excluding diaryl/α,β-unsaturated/α-hetero) is 1. The molecule has 28 heavy (non-hydrogen) atoms. The lowest BCUT2D eigenvalue weighted by molar-refractivity contribution is -0.116. The molecule has 3 rings (SSSR count). The van der Waals surface area contributed by atoms with Crippen LogP contribution in [0.2, 0.25) is 0 Å². The van der Waals surface area contributed by atoms with Crippen LogP contribution in [-0.4, -0.2) is 36.9 Å². The Bertz CT molecular complexity index is 1020. The third-order valence-electron chi connectivity index (χ3n) is 4.30. The van der Waals surface area contributed by atoms with Gasteiger partial charge in [0.25, 0.3) is 0 Å². The molecule has 2 N–H and O–H groups in total. The highest BCUT2D eigenvalue weighted by Crippen LogP contribution is 2.21. The van der Waals surface area contributed by atoms with E-state index in [4.69, 9.17) is 4.74 Å². The van der Waals surface area contributed by atoms with Crippen molar-refractivity contribution in [3.63, 3.8) is 0 Å². The van der Waals surface area contributed by atoms with Crippen LogP contribution in [0.25, 0.3) is 10.9 Å². The van der Waals surface area contributed by atoms with Gasteiger partial charge in [0.2, 0.25) is 5.91 Å². The molecule has 0 aliphatic rings. The molecule has 0 spiro atoms. The van der Waals surface area contributed by atoms with E-state index < -0.39 is 5.97 Å². The number of methoxy groups -OCH3 is 2. The molecule has 2 aromatic carbocycles. The average Bonchev–Trinajstić information content (AvgIpc) is 3.15. The van der Waals surface area contributed by atoms with Gasteiger partial charge in [-0.25, -0.2) is 4.79 Å². The zero-order valence-electron chi connectivity index (χ0n) is 15.6. The van der Waals surface area contributed by atoms with Crippen molar-refractivity contribution in [2.75, 3.05) is 19.5 Å². The summed E-state index contributed by atoms with van der Waals surface area (Å²) in [4.78, 5) is 38.9. The number of aromatic amines is 1. The molecule has 0 saturated heterocycles. The zero-order chi connectivity index (χ0) is 20.1. The molecule has 0 saturated carbocycles. The van der Waals surface area contributed by atoms with Gasteiger partial charge < -0.3 is 19.8 Å². The van der Waals surface area contributed by atoms with E-state index in [-0.39, 0.29) is 24.5 Å². The van der Waals surface area contributed by atoms with E-state index in [0.29, 0.717) is 22.7 Å². The van der Waals surface area contributed by atoms with Crippen LogP contribution in [0.1, 0.15) is 33.7 Å². The summed E-state index contributed by atoms with van der Waals surface area (Å²) in [6.07, 6.45) is 0.181. The summed E-state index contributed by atoms with van der Waals surface area (Å²) in [6.45, 7) is 0. The molecule has 1 amide bonds. The Balaban J connectivity index is 1.59. The molecule has 144 valence electrons. The van der Waals surface area contributed by atoms with Gasteiger partial charge >= 0.3 is 5.97 Å². The summed E-state index contributed by atoms with van der Waals surface area (Å²) >= 11 is 0. The summed E-state index contributed by atoms with van der Waals surface area (Å²) in [6, 6.07) is 13.7. The van der Waals surface area contributed by atoms with Crippen LogP contribution in [0.4, 0.5) is 5.69 Å². The van der Waals surface area contributed by atoms with Crippen molar-refractivity contribution >= 4 is 34.3 Å². The Morgan fingerprint density at radius 1 is 0.964 bits per heavy atom. The molecule has 0 aliphatic carbocycles. The van der Waals surface area contributed by atoms with Crippen LogP contribution in [0.15, 0.2) is 48.5 Å². The van der Waals surface area contributed by atoms with Gasteiger partial charge in [-0.3, -0.25) is 9.59 Å². The smallest absolute Gasteiger partial charge is 0.354 e. The fourth-order valence-electron chi connectivity index (χ4n) is 2.80. The van der Waals surface area contributed by atoms with Crippen molar-refractivity contribution in [3.05, 3.63) is 59.8 Å². The van der Waals surface area contributed by atoms with Gasteiger partial charge in [-0.15, -0.1) is 0 Å². The summed E-state index contributed by atoms with van der Waals surface area (Å²) < 4.78 is 9.75. The Kier molecular flexibility index (Phi) is 5.74. The number of aromatic nitrogens is 1. The first kappa shape index (κ1) is 19.2. The van der Waals surface area contributed by atoms with Crippen LogP contribution in [-0.2, 0) is 9.53 Å². The lowest BCUT2D eigenvalue weighted by Crippen LogP contribution is -2.13. The highest BCUT2D eigenvalue weighted by Gasteiger charge is 2.12. The zero-order valence-corrected chi connectivity index (χ0v) is 15.6. The summed E-state index contributed by atoms with van der Waals surface area (Å²) in [5, 5.41) is 3.54. The monoisotopic (exact) mass is 380 g/mol. The summed E-state index contributed by atoms with van der Waals surface area (Å²) in [5.41, 5.74) is 2.22. The number of esters is 1. The highest BCUT2D eigenvalue weighted by atomic mass is 16.5. The minimum atomic E-state index is -0.459. The van der Waals surface area contributed by atoms with Crippen molar-refractivity contribution in [2.45, 2.75) is 12.8 Å². The normalized spacial score (nSPS) is 10.5. The molecular formula is C21H20N2O5. The lowest BCUT2D eigenvalue weighted by atomic mass is 10.1. The van der Waals surface area contributed by atoms with E-state index in [1.807, 2.05) is 0 Å². The number of ether oxygens (including phenoxy) is 2. The fourth-order valence-corrected chi connectivity index (χ4v) is 2.80. The molecule has 3 aromatic rings. The van der Waals surface area contributed by atoms with Gasteiger partial charge in [0.1, 0.15) is 11.4 Å². The molecule has 1 aromatic heterocycles. The minimum absolute atomic E-state index is 0.0729. The largest absolute Gasteiger partial charge is 0.497 e. The number of ketones is 1. The number of carbonyl (C=O) groups excluding carboxylic acids is 3. The number of carbonyl (C=O) groups is 3. The lowest BCUT2D eigenvalue weighted by Gasteiger charge is -2.06. The van der Waals surface area contributed by atoms with E-state index in [9.17, 15) is 14.4 Å². The van der Waals surface area contributed by atoms with Gasteiger partial charge in [0.05, 0.1) is 14.2 Å². The van der Waals surface area contributed by atoms with Crippen LogP contribution in [0.3, 0.4) is 0 Å². The van der Waals surface area contributed by atoms with Gasteiger partial charge in [-0.1, -0.05) is 0 Å². The van der Waals surface area contributed by atoms with E-state index in [0.717, 1.165) is 10.9 Å². The summed E-state index contributed by atoms with van der Waals surface area (Å²) in [5.74, 6) is -0.157. The number of anilines is 1. The first-order valence-electron chi connectivity index (χ1n) is 8.68. The van der Waals surface area contributed by atoms with Crippen molar-refractivity contribution < 1.29 is 23.9 Å². The third-order valence-corrected chi connectivity index (χ3v) is 4.30. The van der Waals surface area contributed by atoms with E-state index in [1.165, 1.54) is 7.11 Å². The van der Waals surface area contributed by atoms with Crippen molar-refractivity contribution in [3.8, 4) is 5.75 Å². The van der Waals surface area contributed by atoms with Crippen LogP contribution in [0.5, 0.6) is 5.75 Å². The number of H-pyrrole nitrogens is 1. The van der Waals surface area contributed by atoms with E-state index in [1.54, 1.807) is 55.6 Å². The molecule has 1 heterocycles. The maximum absolute atomic E-state index is 12.2. The number of rotatable bonds is 7. The van der Waals surface area contributed by atoms with Gasteiger partial charge in [0, 0.05) is 35.0 Å². The molecular weight excluding hydrogens is 360 g/mol. The van der Waals surface area contributed by atoms with Crippen LogP contribution < -0.4 is 10.1 Å². The molecule has 0 aliphatic heterocycles. The molecule has 0 radical (unpaired) electrons. The molecule has 0 fully saturated rings. The number of hydrogen-bond acceptors (Lipinski definition) is 5. The van der Waals surface area contributed by atoms with Gasteiger partial charge in [-0.2, -0.15) is 0 Å². The van der Waals surface area contributed by atoms with E-state index >= 15 is 0 Å². The number of hydrogen-bond donors (Lipinski definition) is 2. The molecule has 0 unspecified atom stereocenters. The Morgan fingerprint density at radius 2 is 1.71 bits per heavy atom. The maximum Gasteiger partial charge on any atom is 0.354 e. The minimum Gasteiger partial charge on any atom is -0.497 e. The molecule has 0 atom stereocenters. The number of amides is 1. The first-order valence-corrected chi connectivity index (χ1v) is 8.68. The predicted octanol–water partition coefficient (Wildman–Crippen LogP) is 3.56. The quantitative estimate of drug-likeness (QED) is 0.482. The van der Waals surface area contributed by atoms with Gasteiger partial charge in [0.15, 0.2) is 5.78 Å². The van der Waals surface area contributed by atoms with Crippen molar-refractivity contribution in [2.24, 2.45) is 0 Å². The third kappa shape index (κ3) is 4.37. The average molecular weight is 380 g/mol. The second-order valence-corrected chi connectivity index (χ2v) is 6.18. The number of fused-ring (bicyclic) bond motifs is 1. The van der Waals surface area contributed by atoms with Crippen molar-refractivity contribution in [1.82, 2.24) is 4.98 Å². The molecule has 7 heteroatoms. The first-order chi connectivity index (χ1) is 13.5. The Labute approximate surface area is 161 Å². The maximum atomic E-state index is 12.2. The standard InChI is InChI=1S/C21H20N2O5/c1-27-16-6-3-13(4-7-16)19(24)9-10-20(25)22-15-5-8-17-14(11-15)12-18(23-17)21(26)28-2/h3-8,11-12,23H,9-10H2,1-2H3,(H,22,25). The summed E-state index contributed by atoms with van der Waals surface area (Å²) in [7, 11) is 2.87. The van der Waals surface area contributed by atoms with Crippen molar-refractivity contribution in [1.29, 1.82) is 0 Å². The Morgan fingerprint density at radius 3 is 2.39 bits per heavy atom. The fraction of sp³-hybridized carbons (Fsp3) is 0.190. The SMILES string of the molecule is COC(=O)c1cc2cc(NC(=O)CCC(=O)c3ccc(OC)cc3)ccc2[nH]1. The molecule has 0 bridgehead atoms. The molecule has 7 nitrogen and oxygen atoms in total. The van der Waals surface area contributed by atoms with Crippen LogP contribution >= 0.6 is 0 Å². The second kappa shape index (κ2) is 8.39. The Hall–Kier alpha value is -3.61. The topological polar surface area (TPSA) is 97.5 Å².